The molecule has 156 valence electrons. The summed E-state index contributed by atoms with van der Waals surface area (Å²) in [6.45, 7) is 0.150. The van der Waals surface area contributed by atoms with E-state index in [0.717, 1.165) is 47.7 Å². The number of nitrogens with zero attached hydrogens (tertiary/aromatic N) is 3. The van der Waals surface area contributed by atoms with Gasteiger partial charge in [0, 0.05) is 22.8 Å². The Kier molecular flexibility index (Phi) is 6.49. The molecular formula is C21H21FN4O2S2. The molecule has 1 saturated carbocycles. The van der Waals surface area contributed by atoms with Crippen LogP contribution < -0.4 is 5.32 Å². The zero-order valence-electron chi connectivity index (χ0n) is 16.2. The van der Waals surface area contributed by atoms with Gasteiger partial charge in [-0.25, -0.2) is 4.39 Å². The maximum Gasteiger partial charge on any atom is 0.276 e. The number of nitrogens with one attached hydrogen (secondary N) is 1. The molecule has 0 radical (unpaired) electrons. The van der Waals surface area contributed by atoms with Gasteiger partial charge in [0.25, 0.3) is 5.91 Å². The van der Waals surface area contributed by atoms with Crippen molar-refractivity contribution in [1.29, 1.82) is 0 Å². The first-order valence-electron chi connectivity index (χ1n) is 9.78. The summed E-state index contributed by atoms with van der Waals surface area (Å²) in [5, 5.41) is 10.5. The average molecular weight is 445 g/mol. The highest BCUT2D eigenvalue weighted by molar-refractivity contribution is 7.10. The fraction of sp³-hybridized carbons (Fsp3) is 0.333. The molecule has 1 aliphatic carbocycles. The van der Waals surface area contributed by atoms with Gasteiger partial charge < -0.3 is 10.2 Å². The summed E-state index contributed by atoms with van der Waals surface area (Å²) in [6.07, 6.45) is 4.09. The van der Waals surface area contributed by atoms with Gasteiger partial charge in [0.2, 0.25) is 5.91 Å². The maximum atomic E-state index is 13.4. The van der Waals surface area contributed by atoms with Gasteiger partial charge in [-0.3, -0.25) is 9.59 Å². The van der Waals surface area contributed by atoms with Crippen LogP contribution in [-0.4, -0.2) is 32.3 Å². The number of hydrogen-bond acceptors (Lipinski definition) is 6. The highest BCUT2D eigenvalue weighted by atomic mass is 32.1. The van der Waals surface area contributed by atoms with E-state index in [-0.39, 0.29) is 35.9 Å². The van der Waals surface area contributed by atoms with Crippen LogP contribution in [0, 0.1) is 5.82 Å². The summed E-state index contributed by atoms with van der Waals surface area (Å²) in [7, 11) is 0. The molecule has 1 atom stereocenters. The molecule has 1 aliphatic rings. The number of halogens is 1. The minimum Gasteiger partial charge on any atom is -0.351 e. The predicted octanol–water partition coefficient (Wildman–Crippen LogP) is 4.18. The van der Waals surface area contributed by atoms with Crippen molar-refractivity contribution in [3.05, 3.63) is 69.1 Å². The maximum absolute atomic E-state index is 13.4. The van der Waals surface area contributed by atoms with E-state index < -0.39 is 6.04 Å². The van der Waals surface area contributed by atoms with E-state index >= 15 is 0 Å². The minimum absolute atomic E-state index is 0.128. The monoisotopic (exact) mass is 444 g/mol. The number of amides is 2. The van der Waals surface area contributed by atoms with Crippen LogP contribution >= 0.6 is 22.9 Å². The summed E-state index contributed by atoms with van der Waals surface area (Å²) in [4.78, 5) is 29.0. The lowest BCUT2D eigenvalue weighted by atomic mass is 10.1. The van der Waals surface area contributed by atoms with E-state index in [2.05, 4.69) is 14.9 Å². The second kappa shape index (κ2) is 9.44. The number of thiophene rings is 1. The van der Waals surface area contributed by atoms with Gasteiger partial charge in [0.15, 0.2) is 5.69 Å². The Morgan fingerprint density at radius 3 is 2.60 bits per heavy atom. The van der Waals surface area contributed by atoms with Crippen LogP contribution in [-0.2, 0) is 11.3 Å². The minimum atomic E-state index is -0.801. The Balaban J connectivity index is 1.68. The van der Waals surface area contributed by atoms with E-state index in [1.54, 1.807) is 17.5 Å². The molecule has 2 amide bonds. The second-order valence-corrected chi connectivity index (χ2v) is 8.85. The summed E-state index contributed by atoms with van der Waals surface area (Å²) in [5.41, 5.74) is 0.917. The zero-order valence-corrected chi connectivity index (χ0v) is 17.8. The van der Waals surface area contributed by atoms with Crippen molar-refractivity contribution in [3.8, 4) is 0 Å². The van der Waals surface area contributed by atoms with Gasteiger partial charge in [-0.15, -0.1) is 16.4 Å². The summed E-state index contributed by atoms with van der Waals surface area (Å²) >= 11 is 2.51. The van der Waals surface area contributed by atoms with Crippen LogP contribution in [0.5, 0.6) is 0 Å². The van der Waals surface area contributed by atoms with Crippen molar-refractivity contribution in [2.75, 3.05) is 0 Å². The number of rotatable bonds is 7. The lowest BCUT2D eigenvalue weighted by Gasteiger charge is -2.31. The second-order valence-electron chi connectivity index (χ2n) is 7.26. The van der Waals surface area contributed by atoms with E-state index in [1.807, 2.05) is 17.5 Å². The molecule has 0 aliphatic heterocycles. The number of benzene rings is 1. The van der Waals surface area contributed by atoms with E-state index in [4.69, 9.17) is 0 Å². The molecule has 0 saturated heterocycles. The van der Waals surface area contributed by atoms with Crippen LogP contribution in [0.15, 0.2) is 47.2 Å². The van der Waals surface area contributed by atoms with Crippen LogP contribution in [0.2, 0.25) is 0 Å². The summed E-state index contributed by atoms with van der Waals surface area (Å²) in [6, 6.07) is 8.98. The third-order valence-electron chi connectivity index (χ3n) is 5.18. The quantitative estimate of drug-likeness (QED) is 0.593. The van der Waals surface area contributed by atoms with Crippen molar-refractivity contribution in [2.45, 2.75) is 44.3 Å². The van der Waals surface area contributed by atoms with Crippen LogP contribution in [0.1, 0.15) is 52.7 Å². The summed E-state index contributed by atoms with van der Waals surface area (Å²) in [5.74, 6) is -0.940. The van der Waals surface area contributed by atoms with Gasteiger partial charge in [0.1, 0.15) is 11.9 Å². The van der Waals surface area contributed by atoms with E-state index in [1.165, 1.54) is 28.4 Å². The standard InChI is InChI=1S/C21H21FN4O2S2/c22-15-9-7-14(8-10-15)12-26(21(28)17-13-30-25-24-17)19(18-6-3-11-29-18)20(27)23-16-4-1-2-5-16/h3,6-11,13,16,19H,1-2,4-5,12H2,(H,23,27)/t19-/m0/s1. The molecule has 4 rings (SSSR count). The van der Waals surface area contributed by atoms with E-state index in [0.29, 0.717) is 0 Å². The SMILES string of the molecule is O=C(NC1CCCC1)[C@H](c1cccs1)N(Cc1ccc(F)cc1)C(=O)c1csnn1. The highest BCUT2D eigenvalue weighted by Gasteiger charge is 2.35. The fourth-order valence-corrected chi connectivity index (χ4v) is 4.96. The molecule has 3 aromatic rings. The molecule has 2 aromatic heterocycles. The lowest BCUT2D eigenvalue weighted by Crippen LogP contribution is -2.45. The van der Waals surface area contributed by atoms with Crippen molar-refractivity contribution in [3.63, 3.8) is 0 Å². The summed E-state index contributed by atoms with van der Waals surface area (Å²) < 4.78 is 17.2. The number of carbonyl (C=O) groups excluding carboxylic acids is 2. The van der Waals surface area contributed by atoms with Gasteiger partial charge in [-0.05, 0) is 53.5 Å². The Morgan fingerprint density at radius 1 is 1.20 bits per heavy atom. The molecule has 2 heterocycles. The first-order chi connectivity index (χ1) is 14.6. The first-order valence-corrected chi connectivity index (χ1v) is 11.5. The highest BCUT2D eigenvalue weighted by Crippen LogP contribution is 2.30. The third-order valence-corrected chi connectivity index (χ3v) is 6.61. The predicted molar refractivity (Wildman–Crippen MR) is 114 cm³/mol. The van der Waals surface area contributed by atoms with Gasteiger partial charge in [-0.2, -0.15) is 0 Å². The van der Waals surface area contributed by atoms with Crippen molar-refractivity contribution < 1.29 is 14.0 Å². The van der Waals surface area contributed by atoms with Crippen LogP contribution in [0.3, 0.4) is 0 Å². The molecular weight excluding hydrogens is 423 g/mol. The topological polar surface area (TPSA) is 75.2 Å². The number of hydrogen-bond donors (Lipinski definition) is 1. The van der Waals surface area contributed by atoms with Gasteiger partial charge in [0.05, 0.1) is 0 Å². The molecule has 1 N–H and O–H groups in total. The molecule has 0 unspecified atom stereocenters. The number of aromatic nitrogens is 2. The molecule has 30 heavy (non-hydrogen) atoms. The molecule has 6 nitrogen and oxygen atoms in total. The van der Waals surface area contributed by atoms with Gasteiger partial charge in [-0.1, -0.05) is 35.5 Å². The van der Waals surface area contributed by atoms with Crippen LogP contribution in [0.25, 0.3) is 0 Å². The Morgan fingerprint density at radius 2 is 1.97 bits per heavy atom. The zero-order chi connectivity index (χ0) is 20.9. The Hall–Kier alpha value is -2.65. The first kappa shape index (κ1) is 20.6. The molecule has 0 spiro atoms. The normalized spacial score (nSPS) is 15.1. The molecule has 9 heteroatoms. The average Bonchev–Trinajstić information content (AvgIpc) is 3.52. The lowest BCUT2D eigenvalue weighted by molar-refractivity contribution is -0.126. The van der Waals surface area contributed by atoms with Crippen LogP contribution in [0.4, 0.5) is 4.39 Å². The third kappa shape index (κ3) is 4.73. The Bertz CT molecular complexity index is 971. The van der Waals surface area contributed by atoms with Gasteiger partial charge >= 0.3 is 0 Å². The smallest absolute Gasteiger partial charge is 0.276 e. The Labute approximate surface area is 181 Å². The number of carbonyl (C=O) groups is 2. The molecule has 1 aromatic carbocycles. The molecule has 0 bridgehead atoms. The fourth-order valence-electron chi connectivity index (χ4n) is 3.69. The van der Waals surface area contributed by atoms with E-state index in [9.17, 15) is 14.0 Å². The van der Waals surface area contributed by atoms with Crippen molar-refractivity contribution in [2.24, 2.45) is 0 Å². The van der Waals surface area contributed by atoms with Crippen molar-refractivity contribution in [1.82, 2.24) is 19.8 Å². The molecule has 1 fully saturated rings. The van der Waals surface area contributed by atoms with Crippen molar-refractivity contribution >= 4 is 34.7 Å². The largest absolute Gasteiger partial charge is 0.351 e.